The third kappa shape index (κ3) is 4.12. The molecule has 1 aromatic heterocycles. The van der Waals surface area contributed by atoms with Crippen molar-refractivity contribution in [2.75, 3.05) is 19.6 Å². The minimum atomic E-state index is 0.129. The molecule has 0 N–H and O–H groups in total. The zero-order valence-corrected chi connectivity index (χ0v) is 14.3. The van der Waals surface area contributed by atoms with Gasteiger partial charge in [-0.1, -0.05) is 25.4 Å². The van der Waals surface area contributed by atoms with E-state index < -0.39 is 0 Å². The summed E-state index contributed by atoms with van der Waals surface area (Å²) in [5.74, 6) is 1.59. The second kappa shape index (κ2) is 6.99. The molecule has 0 aliphatic carbocycles. The van der Waals surface area contributed by atoms with Crippen LogP contribution >= 0.6 is 23.2 Å². The summed E-state index contributed by atoms with van der Waals surface area (Å²) in [5, 5.41) is 0.711. The molecule has 3 nitrogen and oxygen atoms in total. The number of ether oxygens (including phenoxy) is 1. The first-order chi connectivity index (χ1) is 9.96. The van der Waals surface area contributed by atoms with Crippen molar-refractivity contribution in [2.24, 2.45) is 5.41 Å². The van der Waals surface area contributed by atoms with Gasteiger partial charge < -0.3 is 9.30 Å². The molecule has 0 fully saturated rings. The molecule has 5 heteroatoms. The number of fused-ring (bicyclic) bond motifs is 1. The van der Waals surface area contributed by atoms with Crippen molar-refractivity contribution in [3.05, 3.63) is 29.0 Å². The number of benzene rings is 1. The molecule has 116 valence electrons. The van der Waals surface area contributed by atoms with Crippen LogP contribution in [0.25, 0.3) is 11.0 Å². The van der Waals surface area contributed by atoms with E-state index in [0.29, 0.717) is 10.9 Å². The van der Waals surface area contributed by atoms with Gasteiger partial charge in [-0.05, 0) is 30.0 Å². The first-order valence-corrected chi connectivity index (χ1v) is 8.08. The first kappa shape index (κ1) is 16.6. The summed E-state index contributed by atoms with van der Waals surface area (Å²) in [6.07, 6.45) is 1.76. The Morgan fingerprint density at radius 3 is 2.76 bits per heavy atom. The zero-order chi connectivity index (χ0) is 15.5. The van der Waals surface area contributed by atoms with E-state index in [1.54, 1.807) is 7.11 Å². The molecule has 0 aliphatic rings. The number of halogens is 2. The van der Waals surface area contributed by atoms with Crippen molar-refractivity contribution in [1.29, 1.82) is 0 Å². The van der Waals surface area contributed by atoms with Crippen LogP contribution in [0, 0.1) is 5.41 Å². The van der Waals surface area contributed by atoms with Gasteiger partial charge in [-0.15, -0.1) is 11.6 Å². The first-order valence-electron chi connectivity index (χ1n) is 7.16. The second-order valence-electron chi connectivity index (χ2n) is 6.09. The van der Waals surface area contributed by atoms with Crippen LogP contribution < -0.4 is 0 Å². The Morgan fingerprint density at radius 1 is 1.33 bits per heavy atom. The van der Waals surface area contributed by atoms with E-state index in [9.17, 15) is 0 Å². The average Bonchev–Trinajstić information content (AvgIpc) is 2.73. The molecule has 0 spiro atoms. The summed E-state index contributed by atoms with van der Waals surface area (Å²) in [7, 11) is 1.74. The van der Waals surface area contributed by atoms with Crippen LogP contribution in [0.4, 0.5) is 0 Å². The van der Waals surface area contributed by atoms with Crippen LogP contribution in [0.5, 0.6) is 0 Å². The molecular formula is C16H22Cl2N2O. The van der Waals surface area contributed by atoms with Gasteiger partial charge in [0.15, 0.2) is 0 Å². The van der Waals surface area contributed by atoms with Gasteiger partial charge in [0, 0.05) is 37.6 Å². The predicted molar refractivity (Wildman–Crippen MR) is 89.4 cm³/mol. The highest BCUT2D eigenvalue weighted by atomic mass is 35.5. The maximum atomic E-state index is 6.07. The molecule has 0 unspecified atom stereocenters. The average molecular weight is 329 g/mol. The van der Waals surface area contributed by atoms with E-state index in [2.05, 4.69) is 18.4 Å². The van der Waals surface area contributed by atoms with Crippen molar-refractivity contribution in [1.82, 2.24) is 9.55 Å². The van der Waals surface area contributed by atoms with Crippen LogP contribution in [0.2, 0.25) is 5.02 Å². The highest BCUT2D eigenvalue weighted by Gasteiger charge is 2.22. The Kier molecular flexibility index (Phi) is 5.53. The Hall–Kier alpha value is -0.770. The van der Waals surface area contributed by atoms with E-state index in [4.69, 9.17) is 32.9 Å². The highest BCUT2D eigenvalue weighted by molar-refractivity contribution is 6.31. The number of aromatic nitrogens is 2. The number of nitrogens with zero attached hydrogens (tertiary/aromatic N) is 2. The fourth-order valence-electron chi connectivity index (χ4n) is 2.49. The summed E-state index contributed by atoms with van der Waals surface area (Å²) < 4.78 is 7.48. The van der Waals surface area contributed by atoms with Gasteiger partial charge in [0.25, 0.3) is 0 Å². The van der Waals surface area contributed by atoms with Crippen molar-refractivity contribution in [2.45, 2.75) is 33.2 Å². The zero-order valence-electron chi connectivity index (χ0n) is 12.8. The van der Waals surface area contributed by atoms with Gasteiger partial charge >= 0.3 is 0 Å². The lowest BCUT2D eigenvalue weighted by atomic mass is 9.89. The highest BCUT2D eigenvalue weighted by Crippen LogP contribution is 2.28. The van der Waals surface area contributed by atoms with E-state index in [-0.39, 0.29) is 5.41 Å². The molecule has 0 saturated carbocycles. The molecule has 0 amide bonds. The van der Waals surface area contributed by atoms with Crippen LogP contribution in [-0.2, 0) is 17.7 Å². The maximum Gasteiger partial charge on any atom is 0.111 e. The number of imidazole rings is 1. The van der Waals surface area contributed by atoms with Gasteiger partial charge in [0.2, 0.25) is 0 Å². The molecule has 1 heterocycles. The smallest absolute Gasteiger partial charge is 0.111 e. The summed E-state index contributed by atoms with van der Waals surface area (Å²) in [4.78, 5) is 4.69. The molecule has 21 heavy (non-hydrogen) atoms. The van der Waals surface area contributed by atoms with Gasteiger partial charge in [-0.25, -0.2) is 4.98 Å². The Labute approximate surface area is 136 Å². The number of alkyl halides is 1. The SMILES string of the molecule is COCCC(C)(C)Cn1c(CCCl)nc2cc(Cl)ccc21. The van der Waals surface area contributed by atoms with Crippen LogP contribution in [0.1, 0.15) is 26.1 Å². The van der Waals surface area contributed by atoms with Gasteiger partial charge in [-0.2, -0.15) is 0 Å². The lowest BCUT2D eigenvalue weighted by Gasteiger charge is -2.26. The monoisotopic (exact) mass is 328 g/mol. The van der Waals surface area contributed by atoms with Crippen LogP contribution in [0.15, 0.2) is 18.2 Å². The van der Waals surface area contributed by atoms with Gasteiger partial charge in [0.05, 0.1) is 11.0 Å². The summed E-state index contributed by atoms with van der Waals surface area (Å²) in [6, 6.07) is 5.86. The largest absolute Gasteiger partial charge is 0.385 e. The van der Waals surface area contributed by atoms with Crippen molar-refractivity contribution >= 4 is 34.2 Å². The molecule has 0 radical (unpaired) electrons. The number of hydrogen-bond donors (Lipinski definition) is 0. The summed E-state index contributed by atoms with van der Waals surface area (Å²) in [6.45, 7) is 6.15. The Balaban J connectivity index is 2.38. The predicted octanol–water partition coefficient (Wildman–Crippen LogP) is 4.53. The molecule has 1 aromatic carbocycles. The third-order valence-electron chi connectivity index (χ3n) is 3.68. The standard InChI is InChI=1S/C16H22Cl2N2O/c1-16(2,7-9-21-3)11-20-14-5-4-12(18)10-13(14)19-15(20)6-8-17/h4-5,10H,6-9,11H2,1-3H3. The number of hydrogen-bond acceptors (Lipinski definition) is 2. The summed E-state index contributed by atoms with van der Waals surface area (Å²) in [5.41, 5.74) is 2.18. The van der Waals surface area contributed by atoms with E-state index in [1.165, 1.54) is 0 Å². The van der Waals surface area contributed by atoms with Crippen molar-refractivity contribution in [3.8, 4) is 0 Å². The lowest BCUT2D eigenvalue weighted by Crippen LogP contribution is -2.23. The van der Waals surface area contributed by atoms with Crippen molar-refractivity contribution in [3.63, 3.8) is 0 Å². The van der Waals surface area contributed by atoms with Crippen LogP contribution in [-0.4, -0.2) is 29.1 Å². The molecule has 0 atom stereocenters. The fourth-order valence-corrected chi connectivity index (χ4v) is 2.83. The Bertz CT molecular complexity index is 608. The van der Waals surface area contributed by atoms with E-state index in [1.807, 2.05) is 18.2 Å². The molecule has 0 aliphatic heterocycles. The quantitative estimate of drug-likeness (QED) is 0.698. The third-order valence-corrected chi connectivity index (χ3v) is 4.10. The molecule has 2 rings (SSSR count). The van der Waals surface area contributed by atoms with Crippen LogP contribution in [0.3, 0.4) is 0 Å². The van der Waals surface area contributed by atoms with Gasteiger partial charge in [0.1, 0.15) is 5.82 Å². The minimum Gasteiger partial charge on any atom is -0.385 e. The maximum absolute atomic E-state index is 6.07. The topological polar surface area (TPSA) is 27.1 Å². The summed E-state index contributed by atoms with van der Waals surface area (Å²) >= 11 is 12.0. The molecular weight excluding hydrogens is 307 g/mol. The van der Waals surface area contributed by atoms with E-state index in [0.717, 1.165) is 42.9 Å². The Morgan fingerprint density at radius 2 is 2.10 bits per heavy atom. The van der Waals surface area contributed by atoms with E-state index >= 15 is 0 Å². The minimum absolute atomic E-state index is 0.129. The molecule has 0 bridgehead atoms. The second-order valence-corrected chi connectivity index (χ2v) is 6.91. The van der Waals surface area contributed by atoms with Crippen molar-refractivity contribution < 1.29 is 4.74 Å². The van der Waals surface area contributed by atoms with Gasteiger partial charge in [-0.3, -0.25) is 0 Å². The lowest BCUT2D eigenvalue weighted by molar-refractivity contribution is 0.142. The number of aryl methyl sites for hydroxylation is 1. The number of rotatable bonds is 7. The fraction of sp³-hybridized carbons (Fsp3) is 0.562. The molecule has 2 aromatic rings. The number of methoxy groups -OCH3 is 1. The normalized spacial score (nSPS) is 12.2. The molecule has 0 saturated heterocycles.